The average Bonchev–Trinajstić information content (AvgIpc) is 2.88. The molecule has 0 radical (unpaired) electrons. The Bertz CT molecular complexity index is 719. The molecule has 0 bridgehead atoms. The number of amides is 1. The lowest BCUT2D eigenvalue weighted by Gasteiger charge is -2.22. The first kappa shape index (κ1) is 16.5. The van der Waals surface area contributed by atoms with E-state index >= 15 is 0 Å². The zero-order valence-electron chi connectivity index (χ0n) is 14.5. The summed E-state index contributed by atoms with van der Waals surface area (Å²) in [5, 5.41) is 2.97. The summed E-state index contributed by atoms with van der Waals surface area (Å²) < 4.78 is 0. The largest absolute Gasteiger partial charge is 0.370 e. The Morgan fingerprint density at radius 3 is 2.46 bits per heavy atom. The first-order valence-electron chi connectivity index (χ1n) is 8.72. The van der Waals surface area contributed by atoms with Gasteiger partial charge in [-0.1, -0.05) is 18.9 Å². The zero-order valence-corrected chi connectivity index (χ0v) is 14.5. The Morgan fingerprint density at radius 1 is 1.00 bits per heavy atom. The van der Waals surface area contributed by atoms with Crippen molar-refractivity contribution in [2.24, 2.45) is 0 Å². The summed E-state index contributed by atoms with van der Waals surface area (Å²) in [6.45, 7) is 6.20. The molecule has 1 aliphatic rings. The van der Waals surface area contributed by atoms with Crippen LogP contribution < -0.4 is 10.2 Å². The number of aromatic nitrogens is 1. The number of benzene rings is 1. The zero-order chi connectivity index (χ0) is 16.9. The molecule has 0 atom stereocenters. The number of pyridine rings is 1. The number of nitrogens with one attached hydrogen (secondary N) is 1. The molecule has 2 aromatic rings. The van der Waals surface area contributed by atoms with Crippen LogP contribution in [-0.4, -0.2) is 24.0 Å². The summed E-state index contributed by atoms with van der Waals surface area (Å²) in [7, 11) is 0. The van der Waals surface area contributed by atoms with Crippen molar-refractivity contribution >= 4 is 17.3 Å². The van der Waals surface area contributed by atoms with E-state index in [9.17, 15) is 4.79 Å². The quantitative estimate of drug-likeness (QED) is 0.914. The van der Waals surface area contributed by atoms with Gasteiger partial charge in [-0.3, -0.25) is 9.78 Å². The van der Waals surface area contributed by atoms with Gasteiger partial charge in [-0.15, -0.1) is 0 Å². The van der Waals surface area contributed by atoms with Gasteiger partial charge >= 0.3 is 0 Å². The van der Waals surface area contributed by atoms with E-state index in [1.54, 1.807) is 6.20 Å². The molecular formula is C20H25N3O. The second-order valence-electron chi connectivity index (χ2n) is 6.59. The van der Waals surface area contributed by atoms with Crippen molar-refractivity contribution in [2.75, 3.05) is 23.3 Å². The topological polar surface area (TPSA) is 45.2 Å². The van der Waals surface area contributed by atoms with E-state index in [0.717, 1.165) is 24.5 Å². The Balaban J connectivity index is 1.74. The molecule has 3 rings (SSSR count). The number of hydrogen-bond donors (Lipinski definition) is 1. The number of nitrogens with zero attached hydrogens (tertiary/aromatic N) is 2. The van der Waals surface area contributed by atoms with Crippen LogP contribution in [0.1, 0.15) is 47.2 Å². The van der Waals surface area contributed by atoms with Crippen molar-refractivity contribution in [2.45, 2.75) is 39.5 Å². The van der Waals surface area contributed by atoms with E-state index in [1.165, 1.54) is 36.8 Å². The van der Waals surface area contributed by atoms with Gasteiger partial charge in [-0.2, -0.15) is 0 Å². The maximum absolute atomic E-state index is 12.5. The van der Waals surface area contributed by atoms with Gasteiger partial charge in [0.25, 0.3) is 5.91 Å². The van der Waals surface area contributed by atoms with E-state index in [-0.39, 0.29) is 5.91 Å². The van der Waals surface area contributed by atoms with Gasteiger partial charge in [0.05, 0.1) is 17.4 Å². The summed E-state index contributed by atoms with van der Waals surface area (Å²) in [5.41, 5.74) is 4.87. The van der Waals surface area contributed by atoms with Gasteiger partial charge in [0.15, 0.2) is 0 Å². The normalized spacial score (nSPS) is 15.0. The summed E-state index contributed by atoms with van der Waals surface area (Å²) in [6.07, 6.45) is 8.49. The van der Waals surface area contributed by atoms with E-state index in [2.05, 4.69) is 22.1 Å². The van der Waals surface area contributed by atoms with Gasteiger partial charge in [0.1, 0.15) is 0 Å². The highest BCUT2D eigenvalue weighted by Crippen LogP contribution is 2.21. The highest BCUT2D eigenvalue weighted by Gasteiger charge is 2.13. The molecule has 1 aromatic carbocycles. The van der Waals surface area contributed by atoms with Crippen molar-refractivity contribution in [3.8, 4) is 0 Å². The summed E-state index contributed by atoms with van der Waals surface area (Å²) in [5.74, 6) is -0.109. The Morgan fingerprint density at radius 2 is 1.75 bits per heavy atom. The molecule has 1 fully saturated rings. The molecule has 4 nitrogen and oxygen atoms in total. The smallest absolute Gasteiger partial charge is 0.257 e. The van der Waals surface area contributed by atoms with Crippen LogP contribution in [0.25, 0.3) is 0 Å². The maximum atomic E-state index is 12.5. The third-order valence-electron chi connectivity index (χ3n) is 4.72. The van der Waals surface area contributed by atoms with Crippen molar-refractivity contribution < 1.29 is 4.79 Å². The third kappa shape index (κ3) is 3.94. The molecule has 0 spiro atoms. The minimum absolute atomic E-state index is 0.109. The average molecular weight is 323 g/mol. The second kappa shape index (κ2) is 7.47. The number of carbonyl (C=O) groups excluding carboxylic acids is 1. The molecule has 0 saturated carbocycles. The van der Waals surface area contributed by atoms with Crippen LogP contribution in [0.5, 0.6) is 0 Å². The highest BCUT2D eigenvalue weighted by atomic mass is 16.1. The lowest BCUT2D eigenvalue weighted by atomic mass is 10.1. The van der Waals surface area contributed by atoms with Crippen LogP contribution in [0, 0.1) is 13.8 Å². The number of aryl methyl sites for hydroxylation is 2. The molecule has 1 aliphatic heterocycles. The Hall–Kier alpha value is -2.36. The van der Waals surface area contributed by atoms with E-state index < -0.39 is 0 Å². The highest BCUT2D eigenvalue weighted by molar-refractivity contribution is 6.04. The summed E-state index contributed by atoms with van der Waals surface area (Å²) >= 11 is 0. The Kier molecular flexibility index (Phi) is 5.14. The fourth-order valence-electron chi connectivity index (χ4n) is 3.08. The van der Waals surface area contributed by atoms with Crippen LogP contribution >= 0.6 is 0 Å². The van der Waals surface area contributed by atoms with Crippen molar-refractivity contribution in [1.82, 2.24) is 4.98 Å². The second-order valence-corrected chi connectivity index (χ2v) is 6.59. The maximum Gasteiger partial charge on any atom is 0.257 e. The SMILES string of the molecule is Cc1ccc(NC(=O)c2cncc(N3CCCCCC3)c2)cc1C. The van der Waals surface area contributed by atoms with Crippen LogP contribution in [0.2, 0.25) is 0 Å². The van der Waals surface area contributed by atoms with Crippen LogP contribution in [0.4, 0.5) is 11.4 Å². The van der Waals surface area contributed by atoms with Crippen molar-refractivity contribution in [1.29, 1.82) is 0 Å². The minimum Gasteiger partial charge on any atom is -0.370 e. The molecule has 1 aromatic heterocycles. The third-order valence-corrected chi connectivity index (χ3v) is 4.72. The predicted octanol–water partition coefficient (Wildman–Crippen LogP) is 4.33. The van der Waals surface area contributed by atoms with Gasteiger partial charge in [0.2, 0.25) is 0 Å². The summed E-state index contributed by atoms with van der Waals surface area (Å²) in [4.78, 5) is 19.2. The number of anilines is 2. The predicted molar refractivity (Wildman–Crippen MR) is 98.8 cm³/mol. The molecule has 4 heteroatoms. The van der Waals surface area contributed by atoms with Gasteiger partial charge < -0.3 is 10.2 Å². The van der Waals surface area contributed by atoms with E-state index in [0.29, 0.717) is 5.56 Å². The number of hydrogen-bond acceptors (Lipinski definition) is 3. The first-order valence-corrected chi connectivity index (χ1v) is 8.72. The monoisotopic (exact) mass is 323 g/mol. The molecule has 126 valence electrons. The number of rotatable bonds is 3. The molecule has 1 saturated heterocycles. The number of carbonyl (C=O) groups is 1. The standard InChI is InChI=1S/C20H25N3O/c1-15-7-8-18(11-16(15)2)22-20(24)17-12-19(14-21-13-17)23-9-5-3-4-6-10-23/h7-8,11-14H,3-6,9-10H2,1-2H3,(H,22,24). The molecule has 0 aliphatic carbocycles. The Labute approximate surface area is 143 Å². The lowest BCUT2D eigenvalue weighted by molar-refractivity contribution is 0.102. The molecule has 2 heterocycles. The molecule has 24 heavy (non-hydrogen) atoms. The van der Waals surface area contributed by atoms with Crippen LogP contribution in [0.15, 0.2) is 36.7 Å². The molecule has 1 amide bonds. The van der Waals surface area contributed by atoms with Gasteiger partial charge in [0, 0.05) is 25.0 Å². The minimum atomic E-state index is -0.109. The molecule has 0 unspecified atom stereocenters. The van der Waals surface area contributed by atoms with Crippen LogP contribution in [0.3, 0.4) is 0 Å². The fraction of sp³-hybridized carbons (Fsp3) is 0.400. The van der Waals surface area contributed by atoms with E-state index in [1.807, 2.05) is 37.4 Å². The van der Waals surface area contributed by atoms with Crippen LogP contribution in [-0.2, 0) is 0 Å². The van der Waals surface area contributed by atoms with Gasteiger partial charge in [-0.05, 0) is 56.0 Å². The molecular weight excluding hydrogens is 298 g/mol. The van der Waals surface area contributed by atoms with Crippen molar-refractivity contribution in [3.05, 3.63) is 53.3 Å². The fourth-order valence-corrected chi connectivity index (χ4v) is 3.08. The lowest BCUT2D eigenvalue weighted by Crippen LogP contribution is -2.24. The summed E-state index contributed by atoms with van der Waals surface area (Å²) in [6, 6.07) is 7.91. The first-order chi connectivity index (χ1) is 11.6. The van der Waals surface area contributed by atoms with E-state index in [4.69, 9.17) is 0 Å². The van der Waals surface area contributed by atoms with Crippen molar-refractivity contribution in [3.63, 3.8) is 0 Å². The molecule has 1 N–H and O–H groups in total. The van der Waals surface area contributed by atoms with Gasteiger partial charge in [-0.25, -0.2) is 0 Å².